The molecule has 0 heterocycles. The second kappa shape index (κ2) is 9.41. The first-order valence-corrected chi connectivity index (χ1v) is 8.91. The summed E-state index contributed by atoms with van der Waals surface area (Å²) < 4.78 is 33.5. The number of benzene rings is 2. The van der Waals surface area contributed by atoms with Gasteiger partial charge in [-0.1, -0.05) is 0 Å². The number of rotatable bonds is 7. The molecule has 1 amide bonds. The van der Waals surface area contributed by atoms with Gasteiger partial charge in [0.2, 0.25) is 0 Å². The van der Waals surface area contributed by atoms with Gasteiger partial charge in [-0.15, -0.1) is 0 Å². The lowest BCUT2D eigenvalue weighted by Crippen LogP contribution is -2.26. The van der Waals surface area contributed by atoms with E-state index in [0.29, 0.717) is 10.2 Å². The molecule has 0 atom stereocenters. The van der Waals surface area contributed by atoms with Crippen LogP contribution in [0.3, 0.4) is 0 Å². The molecule has 0 aliphatic rings. The minimum Gasteiger partial charge on any atom is -0.382 e. The molecule has 9 heteroatoms. The smallest absolute Gasteiger partial charge is 0.276 e. The van der Waals surface area contributed by atoms with E-state index >= 15 is 0 Å². The lowest BCUT2D eigenvalue weighted by atomic mass is 10.1. The number of carbonyl (C=O) groups is 1. The number of carbonyl (C=O) groups excluding carboxylic acids is 1. The van der Waals surface area contributed by atoms with E-state index in [0.717, 1.165) is 6.07 Å². The van der Waals surface area contributed by atoms with E-state index < -0.39 is 17.5 Å². The SMILES string of the molecule is COCCONC(=O)c1cc(Br)c(F)cc1Nc1ccc(I)cc1F. The van der Waals surface area contributed by atoms with Gasteiger partial charge in [0.15, 0.2) is 0 Å². The van der Waals surface area contributed by atoms with Crippen LogP contribution in [0.5, 0.6) is 0 Å². The van der Waals surface area contributed by atoms with Crippen molar-refractivity contribution in [3.05, 3.63) is 55.6 Å². The van der Waals surface area contributed by atoms with Crippen LogP contribution >= 0.6 is 38.5 Å². The number of amides is 1. The van der Waals surface area contributed by atoms with Crippen LogP contribution in [-0.4, -0.2) is 26.2 Å². The first-order valence-electron chi connectivity index (χ1n) is 7.04. The van der Waals surface area contributed by atoms with Crippen LogP contribution in [0.15, 0.2) is 34.8 Å². The summed E-state index contributed by atoms with van der Waals surface area (Å²) in [6.07, 6.45) is 0. The number of hydrogen-bond acceptors (Lipinski definition) is 4. The highest BCUT2D eigenvalue weighted by Gasteiger charge is 2.17. The molecule has 134 valence electrons. The normalized spacial score (nSPS) is 10.6. The van der Waals surface area contributed by atoms with Gasteiger partial charge in [-0.2, -0.15) is 0 Å². The molecular formula is C16H14BrF2IN2O3. The van der Waals surface area contributed by atoms with E-state index in [-0.39, 0.29) is 28.0 Å². The summed E-state index contributed by atoms with van der Waals surface area (Å²) in [6, 6.07) is 6.91. The maximum Gasteiger partial charge on any atom is 0.276 e. The fourth-order valence-corrected chi connectivity index (χ4v) is 2.67. The number of methoxy groups -OCH3 is 1. The van der Waals surface area contributed by atoms with E-state index in [4.69, 9.17) is 9.57 Å². The Labute approximate surface area is 165 Å². The van der Waals surface area contributed by atoms with Gasteiger partial charge in [-0.3, -0.25) is 9.63 Å². The van der Waals surface area contributed by atoms with Crippen LogP contribution in [-0.2, 0) is 9.57 Å². The zero-order valence-electron chi connectivity index (χ0n) is 13.0. The summed E-state index contributed by atoms with van der Waals surface area (Å²) in [5.41, 5.74) is 2.55. The van der Waals surface area contributed by atoms with E-state index in [1.807, 2.05) is 22.6 Å². The average molecular weight is 527 g/mol. The summed E-state index contributed by atoms with van der Waals surface area (Å²) in [6.45, 7) is 0.450. The van der Waals surface area contributed by atoms with Gasteiger partial charge in [0.25, 0.3) is 5.91 Å². The third kappa shape index (κ3) is 5.59. The average Bonchev–Trinajstić information content (AvgIpc) is 2.57. The predicted octanol–water partition coefficient (Wildman–Crippen LogP) is 4.38. The van der Waals surface area contributed by atoms with Crippen LogP contribution in [0.1, 0.15) is 10.4 Å². The summed E-state index contributed by atoms with van der Waals surface area (Å²) in [4.78, 5) is 17.2. The highest BCUT2D eigenvalue weighted by atomic mass is 127. The first kappa shape index (κ1) is 20.0. The third-order valence-corrected chi connectivity index (χ3v) is 4.34. The topological polar surface area (TPSA) is 59.6 Å². The molecule has 0 saturated heterocycles. The van der Waals surface area contributed by atoms with Crippen LogP contribution in [0.4, 0.5) is 20.2 Å². The molecule has 2 rings (SSSR count). The predicted molar refractivity (Wildman–Crippen MR) is 102 cm³/mol. The van der Waals surface area contributed by atoms with Crippen molar-refractivity contribution >= 4 is 55.8 Å². The van der Waals surface area contributed by atoms with Gasteiger partial charge < -0.3 is 10.1 Å². The van der Waals surface area contributed by atoms with Gasteiger partial charge in [0.05, 0.1) is 34.6 Å². The molecule has 0 spiro atoms. The summed E-state index contributed by atoms with van der Waals surface area (Å²) in [5, 5.41) is 2.74. The second-order valence-electron chi connectivity index (χ2n) is 4.83. The van der Waals surface area contributed by atoms with E-state index in [1.54, 1.807) is 6.07 Å². The van der Waals surface area contributed by atoms with Crippen LogP contribution in [0, 0.1) is 15.2 Å². The minimum absolute atomic E-state index is 0.0867. The number of hydroxylamine groups is 1. The quantitative estimate of drug-likeness (QED) is 0.319. The highest BCUT2D eigenvalue weighted by Crippen LogP contribution is 2.29. The molecule has 0 aliphatic carbocycles. The lowest BCUT2D eigenvalue weighted by molar-refractivity contribution is 0.00893. The van der Waals surface area contributed by atoms with Crippen molar-refractivity contribution in [1.82, 2.24) is 5.48 Å². The zero-order valence-corrected chi connectivity index (χ0v) is 16.8. The van der Waals surface area contributed by atoms with Crippen molar-refractivity contribution in [2.24, 2.45) is 0 Å². The van der Waals surface area contributed by atoms with Crippen LogP contribution in [0.25, 0.3) is 0 Å². The number of ether oxygens (including phenoxy) is 1. The fraction of sp³-hybridized carbons (Fsp3) is 0.188. The zero-order chi connectivity index (χ0) is 18.4. The molecular weight excluding hydrogens is 513 g/mol. The Kier molecular flexibility index (Phi) is 7.54. The van der Waals surface area contributed by atoms with Gasteiger partial charge in [0, 0.05) is 10.7 Å². The van der Waals surface area contributed by atoms with Gasteiger partial charge >= 0.3 is 0 Å². The minimum atomic E-state index is -0.606. The largest absolute Gasteiger partial charge is 0.382 e. The molecule has 2 N–H and O–H groups in total. The van der Waals surface area contributed by atoms with Crippen molar-refractivity contribution in [3.8, 4) is 0 Å². The molecule has 2 aromatic carbocycles. The number of nitrogens with one attached hydrogen (secondary N) is 2. The molecule has 0 radical (unpaired) electrons. The lowest BCUT2D eigenvalue weighted by Gasteiger charge is -2.14. The Bertz CT molecular complexity index is 777. The van der Waals surface area contributed by atoms with Crippen molar-refractivity contribution < 1.29 is 23.1 Å². The van der Waals surface area contributed by atoms with Crippen molar-refractivity contribution in [3.63, 3.8) is 0 Å². The Balaban J connectivity index is 2.26. The fourth-order valence-electron chi connectivity index (χ4n) is 1.87. The van der Waals surface area contributed by atoms with Gasteiger partial charge in [0.1, 0.15) is 11.6 Å². The Morgan fingerprint density at radius 3 is 2.60 bits per heavy atom. The summed E-state index contributed by atoms with van der Waals surface area (Å²) in [5.74, 6) is -1.71. The second-order valence-corrected chi connectivity index (χ2v) is 6.93. The van der Waals surface area contributed by atoms with Crippen molar-refractivity contribution in [1.29, 1.82) is 0 Å². The standard InChI is InChI=1S/C16H14BrF2IN2O3/c1-24-4-5-25-22-16(23)10-7-11(17)12(18)8-15(10)21-14-3-2-9(20)6-13(14)19/h2-3,6-8,21H,4-5H2,1H3,(H,22,23). The monoisotopic (exact) mass is 526 g/mol. The molecule has 5 nitrogen and oxygen atoms in total. The molecule has 0 unspecified atom stereocenters. The molecule has 0 fully saturated rings. The first-order chi connectivity index (χ1) is 11.9. The Morgan fingerprint density at radius 2 is 1.92 bits per heavy atom. The molecule has 2 aromatic rings. The Morgan fingerprint density at radius 1 is 1.16 bits per heavy atom. The van der Waals surface area contributed by atoms with Gasteiger partial charge in [-0.05, 0) is 68.9 Å². The molecule has 0 aromatic heterocycles. The maximum absolute atomic E-state index is 14.0. The van der Waals surface area contributed by atoms with Gasteiger partial charge in [-0.25, -0.2) is 14.3 Å². The van der Waals surface area contributed by atoms with Crippen molar-refractivity contribution in [2.75, 3.05) is 25.6 Å². The molecule has 25 heavy (non-hydrogen) atoms. The molecule has 0 saturated carbocycles. The van der Waals surface area contributed by atoms with E-state index in [9.17, 15) is 13.6 Å². The van der Waals surface area contributed by atoms with Crippen LogP contribution < -0.4 is 10.8 Å². The summed E-state index contributed by atoms with van der Waals surface area (Å²) in [7, 11) is 1.50. The van der Waals surface area contributed by atoms with E-state index in [1.165, 1.54) is 25.3 Å². The number of anilines is 2. The highest BCUT2D eigenvalue weighted by molar-refractivity contribution is 14.1. The van der Waals surface area contributed by atoms with E-state index in [2.05, 4.69) is 26.7 Å². The van der Waals surface area contributed by atoms with Crippen LogP contribution in [0.2, 0.25) is 0 Å². The number of halogens is 4. The number of hydrogen-bond donors (Lipinski definition) is 2. The third-order valence-electron chi connectivity index (χ3n) is 3.06. The molecule has 0 aliphatic heterocycles. The molecule has 0 bridgehead atoms. The maximum atomic E-state index is 14.0. The summed E-state index contributed by atoms with van der Waals surface area (Å²) >= 11 is 5.01. The van der Waals surface area contributed by atoms with Crippen molar-refractivity contribution in [2.45, 2.75) is 0 Å². The Hall–Kier alpha value is -1.30.